The third-order valence-corrected chi connectivity index (χ3v) is 4.77. The number of nitrogens with one attached hydrogen (secondary N) is 1. The summed E-state index contributed by atoms with van der Waals surface area (Å²) >= 11 is 0. The molecule has 1 fully saturated rings. The average molecular weight is 411 g/mol. The molecule has 1 N–H and O–H groups in total. The first-order valence-electron chi connectivity index (χ1n) is 9.54. The number of carbonyl (C=O) groups excluding carboxylic acids is 2. The van der Waals surface area contributed by atoms with Gasteiger partial charge in [-0.15, -0.1) is 0 Å². The van der Waals surface area contributed by atoms with Crippen LogP contribution in [0.3, 0.4) is 0 Å². The molecule has 154 valence electrons. The number of esters is 1. The highest BCUT2D eigenvalue weighted by Crippen LogP contribution is 2.39. The van der Waals surface area contributed by atoms with Gasteiger partial charge in [-0.25, -0.2) is 18.3 Å². The fourth-order valence-corrected chi connectivity index (χ4v) is 2.99. The molecule has 1 atom stereocenters. The Bertz CT molecular complexity index is 1090. The van der Waals surface area contributed by atoms with E-state index in [4.69, 9.17) is 4.74 Å². The molecule has 2 aromatic carbocycles. The van der Waals surface area contributed by atoms with Crippen molar-refractivity contribution < 1.29 is 23.1 Å². The van der Waals surface area contributed by atoms with E-state index in [0.29, 0.717) is 11.6 Å². The maximum absolute atomic E-state index is 13.7. The number of anilines is 1. The van der Waals surface area contributed by atoms with Crippen LogP contribution in [0.5, 0.6) is 0 Å². The van der Waals surface area contributed by atoms with Gasteiger partial charge in [0, 0.05) is 12.0 Å². The molecular formula is C22H19F2N3O3. The number of para-hydroxylation sites is 1. The van der Waals surface area contributed by atoms with Crippen molar-refractivity contribution in [1.82, 2.24) is 9.78 Å². The van der Waals surface area contributed by atoms with Crippen LogP contribution in [0.4, 0.5) is 14.5 Å². The number of hydrogen-bond acceptors (Lipinski definition) is 4. The highest BCUT2D eigenvalue weighted by Gasteiger charge is 2.30. The van der Waals surface area contributed by atoms with Crippen molar-refractivity contribution in [2.45, 2.75) is 31.8 Å². The van der Waals surface area contributed by atoms with E-state index in [1.807, 2.05) is 30.3 Å². The SMILES string of the molecule is C[C@@H](OC(=O)c1cc(C2CC2)nn1-c1ccccc1)C(=O)Nc1cc(F)ccc1F. The largest absolute Gasteiger partial charge is 0.448 e. The average Bonchev–Trinajstić information content (AvgIpc) is 3.49. The quantitative estimate of drug-likeness (QED) is 0.617. The summed E-state index contributed by atoms with van der Waals surface area (Å²) in [4.78, 5) is 25.1. The minimum Gasteiger partial charge on any atom is -0.448 e. The van der Waals surface area contributed by atoms with Crippen molar-refractivity contribution in [3.05, 3.63) is 77.6 Å². The molecule has 0 spiro atoms. The second-order valence-corrected chi connectivity index (χ2v) is 7.14. The summed E-state index contributed by atoms with van der Waals surface area (Å²) in [5.41, 5.74) is 1.35. The zero-order chi connectivity index (χ0) is 21.3. The summed E-state index contributed by atoms with van der Waals surface area (Å²) in [6, 6.07) is 13.5. The number of rotatable bonds is 6. The van der Waals surface area contributed by atoms with E-state index < -0.39 is 29.6 Å². The predicted molar refractivity (Wildman–Crippen MR) is 105 cm³/mol. The van der Waals surface area contributed by atoms with Gasteiger partial charge in [0.05, 0.1) is 17.1 Å². The number of carbonyl (C=O) groups is 2. The Morgan fingerprint density at radius 1 is 1.13 bits per heavy atom. The van der Waals surface area contributed by atoms with Crippen molar-refractivity contribution in [2.75, 3.05) is 5.32 Å². The minimum absolute atomic E-state index is 0.194. The molecule has 1 amide bonds. The summed E-state index contributed by atoms with van der Waals surface area (Å²) in [6.45, 7) is 1.36. The normalized spacial score (nSPS) is 14.2. The standard InChI is InChI=1S/C22H19F2N3O3/c1-13(21(28)25-19-11-15(23)9-10-17(19)24)30-22(29)20-12-18(14-7-8-14)26-27(20)16-5-3-2-4-6-16/h2-6,9-14H,7-8H2,1H3,(H,25,28)/t13-/m1/s1. The Hall–Kier alpha value is -3.55. The number of halogens is 2. The van der Waals surface area contributed by atoms with Gasteiger partial charge in [0.2, 0.25) is 0 Å². The number of ether oxygens (including phenoxy) is 1. The fourth-order valence-electron chi connectivity index (χ4n) is 2.99. The van der Waals surface area contributed by atoms with Gasteiger partial charge < -0.3 is 10.1 Å². The summed E-state index contributed by atoms with van der Waals surface area (Å²) in [6.07, 6.45) is 0.792. The lowest BCUT2D eigenvalue weighted by Crippen LogP contribution is -2.31. The molecule has 1 aliphatic rings. The van der Waals surface area contributed by atoms with Gasteiger partial charge in [0.1, 0.15) is 11.6 Å². The molecule has 1 heterocycles. The van der Waals surface area contributed by atoms with Crippen LogP contribution in [-0.2, 0) is 9.53 Å². The van der Waals surface area contributed by atoms with Gasteiger partial charge in [-0.3, -0.25) is 4.79 Å². The lowest BCUT2D eigenvalue weighted by Gasteiger charge is -2.14. The minimum atomic E-state index is -1.23. The molecule has 0 aliphatic heterocycles. The Labute approximate surface area is 171 Å². The summed E-state index contributed by atoms with van der Waals surface area (Å²) in [7, 11) is 0. The number of aromatic nitrogens is 2. The van der Waals surface area contributed by atoms with Crippen molar-refractivity contribution in [1.29, 1.82) is 0 Å². The molecule has 0 radical (unpaired) electrons. The Kier molecular flexibility index (Phi) is 5.31. The van der Waals surface area contributed by atoms with E-state index >= 15 is 0 Å². The molecule has 8 heteroatoms. The summed E-state index contributed by atoms with van der Waals surface area (Å²) in [5, 5.41) is 6.76. The van der Waals surface area contributed by atoms with E-state index in [0.717, 1.165) is 36.7 Å². The second kappa shape index (κ2) is 8.06. The van der Waals surface area contributed by atoms with E-state index in [1.165, 1.54) is 11.6 Å². The van der Waals surface area contributed by atoms with Gasteiger partial charge in [0.25, 0.3) is 5.91 Å². The zero-order valence-corrected chi connectivity index (χ0v) is 16.1. The van der Waals surface area contributed by atoms with Crippen LogP contribution in [0.15, 0.2) is 54.6 Å². The molecule has 4 rings (SSSR count). The molecule has 6 nitrogen and oxygen atoms in total. The van der Waals surface area contributed by atoms with E-state index in [9.17, 15) is 18.4 Å². The van der Waals surface area contributed by atoms with Crippen LogP contribution in [-0.4, -0.2) is 27.8 Å². The number of nitrogens with zero attached hydrogens (tertiary/aromatic N) is 2. The van der Waals surface area contributed by atoms with Crippen molar-refractivity contribution >= 4 is 17.6 Å². The number of amides is 1. The van der Waals surface area contributed by atoms with Gasteiger partial charge in [0.15, 0.2) is 11.8 Å². The van der Waals surface area contributed by atoms with Gasteiger partial charge in [-0.05, 0) is 50.1 Å². The third-order valence-electron chi connectivity index (χ3n) is 4.77. The highest BCUT2D eigenvalue weighted by molar-refractivity contribution is 5.97. The zero-order valence-electron chi connectivity index (χ0n) is 16.1. The lowest BCUT2D eigenvalue weighted by atomic mass is 10.2. The van der Waals surface area contributed by atoms with Crippen molar-refractivity contribution in [3.63, 3.8) is 0 Å². The van der Waals surface area contributed by atoms with Crippen molar-refractivity contribution in [3.8, 4) is 5.69 Å². The Morgan fingerprint density at radius 3 is 2.57 bits per heavy atom. The van der Waals surface area contributed by atoms with Gasteiger partial charge >= 0.3 is 5.97 Å². The first kappa shape index (κ1) is 19.8. The molecule has 3 aromatic rings. The monoisotopic (exact) mass is 411 g/mol. The molecular weight excluding hydrogens is 392 g/mol. The van der Waals surface area contributed by atoms with Crippen molar-refractivity contribution in [2.24, 2.45) is 0 Å². The smallest absolute Gasteiger partial charge is 0.357 e. The highest BCUT2D eigenvalue weighted by atomic mass is 19.1. The van der Waals surface area contributed by atoms with E-state index in [1.54, 1.807) is 6.07 Å². The third kappa shape index (κ3) is 4.22. The van der Waals surface area contributed by atoms with Crippen LogP contribution in [0.2, 0.25) is 0 Å². The molecule has 30 heavy (non-hydrogen) atoms. The Morgan fingerprint density at radius 2 is 1.87 bits per heavy atom. The number of hydrogen-bond donors (Lipinski definition) is 1. The molecule has 1 saturated carbocycles. The molecule has 0 unspecified atom stereocenters. The van der Waals surface area contributed by atoms with E-state index in [-0.39, 0.29) is 11.4 Å². The maximum atomic E-state index is 13.7. The van der Waals surface area contributed by atoms with Gasteiger partial charge in [-0.1, -0.05) is 18.2 Å². The lowest BCUT2D eigenvalue weighted by molar-refractivity contribution is -0.123. The van der Waals surface area contributed by atoms with Crippen LogP contribution < -0.4 is 5.32 Å². The van der Waals surface area contributed by atoms with Crippen LogP contribution in [0.1, 0.15) is 41.9 Å². The first-order valence-corrected chi connectivity index (χ1v) is 9.54. The topological polar surface area (TPSA) is 73.2 Å². The first-order chi connectivity index (χ1) is 14.4. The Balaban J connectivity index is 1.52. The summed E-state index contributed by atoms with van der Waals surface area (Å²) < 4.78 is 33.8. The van der Waals surface area contributed by atoms with Crippen LogP contribution in [0, 0.1) is 11.6 Å². The van der Waals surface area contributed by atoms with Gasteiger partial charge in [-0.2, -0.15) is 5.10 Å². The molecule has 1 aromatic heterocycles. The number of benzene rings is 2. The second-order valence-electron chi connectivity index (χ2n) is 7.14. The molecule has 0 saturated heterocycles. The summed E-state index contributed by atoms with van der Waals surface area (Å²) in [5.74, 6) is -2.69. The van der Waals surface area contributed by atoms with E-state index in [2.05, 4.69) is 10.4 Å². The molecule has 0 bridgehead atoms. The van der Waals surface area contributed by atoms with Crippen LogP contribution >= 0.6 is 0 Å². The molecule has 1 aliphatic carbocycles. The van der Waals surface area contributed by atoms with Crippen LogP contribution in [0.25, 0.3) is 5.69 Å². The predicted octanol–water partition coefficient (Wildman–Crippen LogP) is 4.21. The fraction of sp³-hybridized carbons (Fsp3) is 0.227. The maximum Gasteiger partial charge on any atom is 0.357 e.